The summed E-state index contributed by atoms with van der Waals surface area (Å²) in [5.74, 6) is -10.2. The second kappa shape index (κ2) is 16.3. The number of rotatable bonds is 7. The van der Waals surface area contributed by atoms with Crippen LogP contribution in [-0.4, -0.2) is 0 Å². The zero-order chi connectivity index (χ0) is 48.9. The molecular weight excluding hydrogens is 878 g/mol. The molecule has 0 bridgehead atoms. The van der Waals surface area contributed by atoms with Gasteiger partial charge >= 0.3 is 0 Å². The molecule has 0 radical (unpaired) electrons. The van der Waals surface area contributed by atoms with E-state index in [1.807, 2.05) is 97.1 Å². The van der Waals surface area contributed by atoms with Gasteiger partial charge in [0, 0.05) is 11.4 Å². The van der Waals surface area contributed by atoms with Crippen molar-refractivity contribution in [3.05, 3.63) is 279 Å². The van der Waals surface area contributed by atoms with Gasteiger partial charge in [-0.1, -0.05) is 211 Å². The molecule has 9 aromatic rings. The lowest BCUT2D eigenvalue weighted by atomic mass is 9.67. The zero-order valence-electron chi connectivity index (χ0n) is 39.8. The fourth-order valence-corrected chi connectivity index (χ4v) is 11.4. The molecule has 70 heavy (non-hydrogen) atoms. The first-order valence-corrected chi connectivity index (χ1v) is 23.7. The van der Waals surface area contributed by atoms with Gasteiger partial charge in [-0.25, -0.2) is 22.0 Å². The van der Waals surface area contributed by atoms with Gasteiger partial charge in [-0.05, 0) is 113 Å². The molecule has 0 heterocycles. The van der Waals surface area contributed by atoms with Crippen LogP contribution in [0.2, 0.25) is 0 Å². The highest BCUT2D eigenvalue weighted by molar-refractivity contribution is 5.93. The molecule has 0 amide bonds. The molecule has 2 aliphatic rings. The molecule has 2 aliphatic carbocycles. The molecule has 0 aliphatic heterocycles. The molecule has 0 spiro atoms. The van der Waals surface area contributed by atoms with Crippen molar-refractivity contribution in [1.29, 1.82) is 0 Å². The van der Waals surface area contributed by atoms with Crippen LogP contribution in [0, 0.1) is 29.1 Å². The van der Waals surface area contributed by atoms with E-state index in [1.54, 1.807) is 12.1 Å². The monoisotopic (exact) mass is 927 g/mol. The summed E-state index contributed by atoms with van der Waals surface area (Å²) in [5.41, 5.74) is 11.1. The minimum atomic E-state index is -2.22. The Hall–Kier alpha value is -7.57. The molecule has 346 valence electrons. The first-order valence-electron chi connectivity index (χ1n) is 23.7. The molecule has 0 saturated heterocycles. The summed E-state index contributed by atoms with van der Waals surface area (Å²) in [6.45, 7) is 13.1. The third-order valence-electron chi connectivity index (χ3n) is 14.8. The van der Waals surface area contributed by atoms with E-state index in [1.165, 1.54) is 16.0 Å². The van der Waals surface area contributed by atoms with Gasteiger partial charge in [0.15, 0.2) is 23.3 Å². The Bertz CT molecular complexity index is 3270. The number of nitrogens with zero attached hydrogens (tertiary/aromatic N) is 1. The smallest absolute Gasteiger partial charge is 0.200 e. The standard InChI is InChI=1S/C64H50F5N/c1-61(2,3)39-25-29-43(30-26-39)63(41-17-9-7-10-18-41)51-23-15-13-21-47(51)49-37-45(33-35-53(49)63)70(60-58(68)56(66)55(65)57(67)59(60)69)46-34-36-54-50(38-46)48-22-14-16-24-52(48)64(54,42-19-11-8-12-20-42)44-31-27-40(28-32-44)62(4,5)6/h7-38H,1-6H3. The molecule has 11 rings (SSSR count). The molecular formula is C64H50F5N. The topological polar surface area (TPSA) is 3.24 Å². The summed E-state index contributed by atoms with van der Waals surface area (Å²) in [6.07, 6.45) is 0. The molecule has 2 unspecified atom stereocenters. The van der Waals surface area contributed by atoms with E-state index in [9.17, 15) is 4.39 Å². The fourth-order valence-electron chi connectivity index (χ4n) is 11.4. The maximum absolute atomic E-state index is 16.7. The lowest BCUT2D eigenvalue weighted by Gasteiger charge is -2.35. The lowest BCUT2D eigenvalue weighted by Crippen LogP contribution is -2.29. The van der Waals surface area contributed by atoms with E-state index >= 15 is 17.6 Å². The quantitative estimate of drug-likeness (QED) is 0.0874. The number of fused-ring (bicyclic) bond motifs is 6. The van der Waals surface area contributed by atoms with Crippen molar-refractivity contribution in [2.24, 2.45) is 0 Å². The summed E-state index contributed by atoms with van der Waals surface area (Å²) < 4.78 is 79.5. The van der Waals surface area contributed by atoms with E-state index in [0.29, 0.717) is 0 Å². The van der Waals surface area contributed by atoms with Crippen molar-refractivity contribution in [1.82, 2.24) is 0 Å². The Labute approximate surface area is 406 Å². The van der Waals surface area contributed by atoms with Gasteiger partial charge in [0.1, 0.15) is 5.69 Å². The SMILES string of the molecule is CC(C)(C)c1ccc(C2(c3ccccc3)c3ccccc3-c3cc(N(c4ccc5c(c4)-c4ccccc4C5(c4ccccc4)c4ccc(C(C)(C)C)cc4)c4c(F)c(F)c(F)c(F)c4F)ccc32)cc1. The Morgan fingerprint density at radius 2 is 0.629 bits per heavy atom. The van der Waals surface area contributed by atoms with Crippen molar-refractivity contribution < 1.29 is 22.0 Å². The van der Waals surface area contributed by atoms with Crippen LogP contribution in [0.5, 0.6) is 0 Å². The second-order valence-corrected chi connectivity index (χ2v) is 20.7. The van der Waals surface area contributed by atoms with Crippen molar-refractivity contribution in [2.75, 3.05) is 4.90 Å². The molecule has 0 aromatic heterocycles. The van der Waals surface area contributed by atoms with Crippen LogP contribution < -0.4 is 4.90 Å². The van der Waals surface area contributed by atoms with Gasteiger partial charge in [0.05, 0.1) is 10.8 Å². The number of hydrogen-bond donors (Lipinski definition) is 0. The van der Waals surface area contributed by atoms with Crippen molar-refractivity contribution >= 4 is 17.1 Å². The van der Waals surface area contributed by atoms with E-state index in [2.05, 4.69) is 126 Å². The Balaban J connectivity index is 1.17. The molecule has 0 N–H and O–H groups in total. The number of halogens is 5. The van der Waals surface area contributed by atoms with Crippen LogP contribution in [0.1, 0.15) is 97.2 Å². The summed E-state index contributed by atoms with van der Waals surface area (Å²) in [4.78, 5) is 1.18. The van der Waals surface area contributed by atoms with Crippen LogP contribution in [0.25, 0.3) is 22.3 Å². The highest BCUT2D eigenvalue weighted by Gasteiger charge is 2.48. The maximum atomic E-state index is 16.7. The molecule has 6 heteroatoms. The third-order valence-corrected chi connectivity index (χ3v) is 14.8. The summed E-state index contributed by atoms with van der Waals surface area (Å²) in [6, 6.07) is 65.0. The number of hydrogen-bond acceptors (Lipinski definition) is 1. The van der Waals surface area contributed by atoms with Gasteiger partial charge in [-0.3, -0.25) is 0 Å². The normalized spacial score (nSPS) is 16.9. The van der Waals surface area contributed by atoms with Gasteiger partial charge in [-0.2, -0.15) is 0 Å². The highest BCUT2D eigenvalue weighted by atomic mass is 19.2. The first kappa shape index (κ1) is 44.9. The van der Waals surface area contributed by atoms with Crippen LogP contribution in [-0.2, 0) is 21.7 Å². The predicted octanol–water partition coefficient (Wildman–Crippen LogP) is 17.2. The lowest BCUT2D eigenvalue weighted by molar-refractivity contribution is 0.380. The van der Waals surface area contributed by atoms with E-state index in [0.717, 1.165) is 66.8 Å². The average Bonchev–Trinajstić information content (AvgIpc) is 3.84. The molecule has 1 nitrogen and oxygen atoms in total. The highest BCUT2D eigenvalue weighted by Crippen LogP contribution is 2.60. The third kappa shape index (κ3) is 6.56. The van der Waals surface area contributed by atoms with Crippen molar-refractivity contribution in [3.8, 4) is 22.3 Å². The summed E-state index contributed by atoms with van der Waals surface area (Å²) in [7, 11) is 0. The number of anilines is 3. The Morgan fingerprint density at radius 3 is 1.00 bits per heavy atom. The molecule has 0 fully saturated rings. The molecule has 9 aromatic carbocycles. The average molecular weight is 928 g/mol. The largest absolute Gasteiger partial charge is 0.305 e. The van der Waals surface area contributed by atoms with Crippen LogP contribution in [0.4, 0.5) is 39.0 Å². The van der Waals surface area contributed by atoms with Crippen molar-refractivity contribution in [3.63, 3.8) is 0 Å². The van der Waals surface area contributed by atoms with Gasteiger partial charge in [-0.15, -0.1) is 0 Å². The van der Waals surface area contributed by atoms with Crippen LogP contribution in [0.3, 0.4) is 0 Å². The van der Waals surface area contributed by atoms with Crippen LogP contribution >= 0.6 is 0 Å². The Morgan fingerprint density at radius 1 is 0.314 bits per heavy atom. The summed E-state index contributed by atoms with van der Waals surface area (Å²) in [5, 5.41) is 0. The number of benzene rings is 9. The maximum Gasteiger partial charge on any atom is 0.200 e. The van der Waals surface area contributed by atoms with Crippen LogP contribution in [0.15, 0.2) is 194 Å². The van der Waals surface area contributed by atoms with Gasteiger partial charge in [0.2, 0.25) is 5.82 Å². The minimum Gasteiger partial charge on any atom is -0.305 e. The second-order valence-electron chi connectivity index (χ2n) is 20.7. The van der Waals surface area contributed by atoms with E-state index in [4.69, 9.17) is 0 Å². The van der Waals surface area contributed by atoms with E-state index in [-0.39, 0.29) is 22.2 Å². The predicted molar refractivity (Wildman–Crippen MR) is 273 cm³/mol. The van der Waals surface area contributed by atoms with Gasteiger partial charge in [0.25, 0.3) is 0 Å². The fraction of sp³-hybridized carbons (Fsp3) is 0.156. The molecule has 0 saturated carbocycles. The first-order chi connectivity index (χ1) is 33.6. The Kier molecular flexibility index (Phi) is 10.4. The zero-order valence-corrected chi connectivity index (χ0v) is 39.8. The summed E-state index contributed by atoms with van der Waals surface area (Å²) >= 11 is 0. The minimum absolute atomic E-state index is 0.0908. The molecule has 2 atom stereocenters. The van der Waals surface area contributed by atoms with Gasteiger partial charge < -0.3 is 4.90 Å². The van der Waals surface area contributed by atoms with E-state index < -0.39 is 45.6 Å². The van der Waals surface area contributed by atoms with Crippen molar-refractivity contribution in [2.45, 2.75) is 63.2 Å².